The van der Waals surface area contributed by atoms with Gasteiger partial charge in [0.25, 0.3) is 5.69 Å². The number of aryl methyl sites for hydroxylation is 1. The van der Waals surface area contributed by atoms with Crippen molar-refractivity contribution in [2.75, 3.05) is 5.32 Å². The molecule has 0 bridgehead atoms. The molecule has 0 saturated heterocycles. The molecular formula is C12H19N3O3. The summed E-state index contributed by atoms with van der Waals surface area (Å²) in [5.74, 6) is 0.535. The molecule has 0 fully saturated rings. The molecule has 2 N–H and O–H groups in total. The van der Waals surface area contributed by atoms with Crippen molar-refractivity contribution in [1.82, 2.24) is 4.98 Å². The van der Waals surface area contributed by atoms with E-state index in [9.17, 15) is 15.2 Å². The van der Waals surface area contributed by atoms with E-state index in [1.807, 2.05) is 13.8 Å². The molecule has 0 spiro atoms. The first kappa shape index (κ1) is 14.4. The van der Waals surface area contributed by atoms with E-state index >= 15 is 0 Å². The standard InChI is InChI=1S/C12H19N3O3/c1-8-6-9(15(17)18)7-13-10(8)14-11(2,3)12(4,5)16/h6-7,16H,1-5H3,(H,13,14). The Labute approximate surface area is 106 Å². The van der Waals surface area contributed by atoms with Crippen molar-refractivity contribution in [3.05, 3.63) is 27.9 Å². The summed E-state index contributed by atoms with van der Waals surface area (Å²) < 4.78 is 0. The zero-order valence-corrected chi connectivity index (χ0v) is 11.3. The second-order valence-corrected chi connectivity index (χ2v) is 5.43. The van der Waals surface area contributed by atoms with Crippen LogP contribution in [0.15, 0.2) is 12.3 Å². The molecule has 6 heteroatoms. The maximum absolute atomic E-state index is 10.6. The van der Waals surface area contributed by atoms with E-state index in [0.717, 1.165) is 0 Å². The summed E-state index contributed by atoms with van der Waals surface area (Å²) in [4.78, 5) is 14.2. The van der Waals surface area contributed by atoms with E-state index in [-0.39, 0.29) is 5.69 Å². The largest absolute Gasteiger partial charge is 0.388 e. The smallest absolute Gasteiger partial charge is 0.287 e. The number of anilines is 1. The number of rotatable bonds is 4. The molecule has 0 aliphatic rings. The van der Waals surface area contributed by atoms with Gasteiger partial charge in [0.2, 0.25) is 0 Å². The molecule has 1 aromatic heterocycles. The number of hydrogen-bond acceptors (Lipinski definition) is 5. The summed E-state index contributed by atoms with van der Waals surface area (Å²) in [7, 11) is 0. The van der Waals surface area contributed by atoms with Gasteiger partial charge in [-0.3, -0.25) is 10.1 Å². The highest BCUT2D eigenvalue weighted by Gasteiger charge is 2.35. The van der Waals surface area contributed by atoms with Crippen LogP contribution in [0.5, 0.6) is 0 Å². The predicted octanol–water partition coefficient (Wildman–Crippen LogP) is 2.26. The monoisotopic (exact) mass is 253 g/mol. The Kier molecular flexibility index (Phi) is 3.62. The average molecular weight is 253 g/mol. The summed E-state index contributed by atoms with van der Waals surface area (Å²) >= 11 is 0. The molecule has 0 atom stereocenters. The van der Waals surface area contributed by atoms with Crippen LogP contribution in [-0.2, 0) is 0 Å². The fourth-order valence-electron chi connectivity index (χ4n) is 1.24. The highest BCUT2D eigenvalue weighted by molar-refractivity contribution is 5.50. The number of nitro groups is 1. The average Bonchev–Trinajstić information content (AvgIpc) is 2.18. The lowest BCUT2D eigenvalue weighted by Gasteiger charge is -2.38. The van der Waals surface area contributed by atoms with Crippen LogP contribution in [0.1, 0.15) is 33.3 Å². The highest BCUT2D eigenvalue weighted by Crippen LogP contribution is 2.27. The molecule has 0 aliphatic heterocycles. The Morgan fingerprint density at radius 3 is 2.33 bits per heavy atom. The fourth-order valence-corrected chi connectivity index (χ4v) is 1.24. The highest BCUT2D eigenvalue weighted by atomic mass is 16.6. The second-order valence-electron chi connectivity index (χ2n) is 5.43. The molecule has 1 rings (SSSR count). The van der Waals surface area contributed by atoms with Crippen molar-refractivity contribution >= 4 is 11.5 Å². The first-order valence-electron chi connectivity index (χ1n) is 5.66. The summed E-state index contributed by atoms with van der Waals surface area (Å²) in [5, 5.41) is 23.8. The Hall–Kier alpha value is -1.69. The minimum Gasteiger partial charge on any atom is -0.388 e. The van der Waals surface area contributed by atoms with Crippen molar-refractivity contribution in [1.29, 1.82) is 0 Å². The van der Waals surface area contributed by atoms with E-state index < -0.39 is 16.1 Å². The lowest BCUT2D eigenvalue weighted by Crippen LogP contribution is -2.51. The molecule has 0 aliphatic carbocycles. The van der Waals surface area contributed by atoms with Crippen LogP contribution in [-0.4, -0.2) is 26.2 Å². The third-order valence-electron chi connectivity index (χ3n) is 3.24. The van der Waals surface area contributed by atoms with E-state index in [1.54, 1.807) is 20.8 Å². The van der Waals surface area contributed by atoms with Crippen LogP contribution in [0.4, 0.5) is 11.5 Å². The molecule has 6 nitrogen and oxygen atoms in total. The molecule has 1 heterocycles. The van der Waals surface area contributed by atoms with Gasteiger partial charge in [-0.2, -0.15) is 0 Å². The van der Waals surface area contributed by atoms with Crippen molar-refractivity contribution < 1.29 is 10.0 Å². The zero-order valence-electron chi connectivity index (χ0n) is 11.3. The summed E-state index contributed by atoms with van der Waals surface area (Å²) in [6.45, 7) is 8.81. The molecule has 0 amide bonds. The van der Waals surface area contributed by atoms with Gasteiger partial charge in [0.1, 0.15) is 12.0 Å². The SMILES string of the molecule is Cc1cc([N+](=O)[O-])cnc1NC(C)(C)C(C)(C)O. The number of pyridine rings is 1. The van der Waals surface area contributed by atoms with E-state index in [1.165, 1.54) is 12.3 Å². The lowest BCUT2D eigenvalue weighted by atomic mass is 9.86. The minimum absolute atomic E-state index is 0.0425. The second kappa shape index (κ2) is 4.53. The van der Waals surface area contributed by atoms with Crippen molar-refractivity contribution in [3.8, 4) is 0 Å². The first-order chi connectivity index (χ1) is 8.04. The van der Waals surface area contributed by atoms with Crippen molar-refractivity contribution in [3.63, 3.8) is 0 Å². The molecule has 18 heavy (non-hydrogen) atoms. The van der Waals surface area contributed by atoms with Crippen LogP contribution in [0, 0.1) is 17.0 Å². The molecular weight excluding hydrogens is 234 g/mol. The first-order valence-corrected chi connectivity index (χ1v) is 5.66. The minimum atomic E-state index is -0.955. The van der Waals surface area contributed by atoms with Gasteiger partial charge in [-0.25, -0.2) is 4.98 Å². The third-order valence-corrected chi connectivity index (χ3v) is 3.24. The maximum Gasteiger partial charge on any atom is 0.287 e. The van der Waals surface area contributed by atoms with Crippen LogP contribution in [0.3, 0.4) is 0 Å². The molecule has 0 saturated carbocycles. The molecule has 100 valence electrons. The Bertz CT molecular complexity index is 464. The van der Waals surface area contributed by atoms with Crippen LogP contribution in [0.2, 0.25) is 0 Å². The molecule has 0 unspecified atom stereocenters. The van der Waals surface area contributed by atoms with Crippen molar-refractivity contribution in [2.45, 2.75) is 45.8 Å². The quantitative estimate of drug-likeness (QED) is 0.634. The Balaban J connectivity index is 3.03. The van der Waals surface area contributed by atoms with Crippen LogP contribution in [0.25, 0.3) is 0 Å². The van der Waals surface area contributed by atoms with Gasteiger partial charge in [-0.05, 0) is 40.2 Å². The lowest BCUT2D eigenvalue weighted by molar-refractivity contribution is -0.385. The van der Waals surface area contributed by atoms with Gasteiger partial charge in [0, 0.05) is 6.07 Å². The summed E-state index contributed by atoms with van der Waals surface area (Å²) in [5.41, 5.74) is -0.940. The maximum atomic E-state index is 10.6. The van der Waals surface area contributed by atoms with Gasteiger partial charge in [-0.1, -0.05) is 0 Å². The number of aliphatic hydroxyl groups is 1. The number of nitrogens with zero attached hydrogens (tertiary/aromatic N) is 2. The van der Waals surface area contributed by atoms with Crippen LogP contribution < -0.4 is 5.32 Å². The van der Waals surface area contributed by atoms with E-state index in [4.69, 9.17) is 0 Å². The normalized spacial score (nSPS) is 12.3. The van der Waals surface area contributed by atoms with Gasteiger partial charge in [0.15, 0.2) is 0 Å². The Morgan fingerprint density at radius 1 is 1.39 bits per heavy atom. The van der Waals surface area contributed by atoms with Gasteiger partial charge in [-0.15, -0.1) is 0 Å². The molecule has 0 radical (unpaired) electrons. The van der Waals surface area contributed by atoms with Gasteiger partial charge >= 0.3 is 0 Å². The van der Waals surface area contributed by atoms with E-state index in [0.29, 0.717) is 11.4 Å². The van der Waals surface area contributed by atoms with E-state index in [2.05, 4.69) is 10.3 Å². The number of hydrogen-bond donors (Lipinski definition) is 2. The summed E-state index contributed by atoms with van der Waals surface area (Å²) in [6.07, 6.45) is 1.20. The summed E-state index contributed by atoms with van der Waals surface area (Å²) in [6, 6.07) is 1.45. The van der Waals surface area contributed by atoms with Gasteiger partial charge < -0.3 is 10.4 Å². The van der Waals surface area contributed by atoms with Crippen LogP contribution >= 0.6 is 0 Å². The van der Waals surface area contributed by atoms with Crippen molar-refractivity contribution in [2.24, 2.45) is 0 Å². The molecule has 0 aromatic carbocycles. The zero-order chi connectivity index (χ0) is 14.1. The fraction of sp³-hybridized carbons (Fsp3) is 0.583. The predicted molar refractivity (Wildman–Crippen MR) is 69.6 cm³/mol. The molecule has 1 aromatic rings. The number of aromatic nitrogens is 1. The topological polar surface area (TPSA) is 88.3 Å². The Morgan fingerprint density at radius 2 is 1.94 bits per heavy atom. The third kappa shape index (κ3) is 2.95. The number of nitrogens with one attached hydrogen (secondary N) is 1. The van der Waals surface area contributed by atoms with Gasteiger partial charge in [0.05, 0.1) is 16.1 Å².